The molecular formula is C25H31Cl2N3O2. The predicted molar refractivity (Wildman–Crippen MR) is 129 cm³/mol. The maximum atomic E-state index is 12.9. The van der Waals surface area contributed by atoms with Crippen LogP contribution in [-0.2, 0) is 29.2 Å². The van der Waals surface area contributed by atoms with Crippen molar-refractivity contribution in [1.82, 2.24) is 15.1 Å². The maximum Gasteiger partial charge on any atom is 0.224 e. The van der Waals surface area contributed by atoms with Crippen molar-refractivity contribution < 1.29 is 9.53 Å². The predicted octanol–water partition coefficient (Wildman–Crippen LogP) is 4.35. The van der Waals surface area contributed by atoms with E-state index in [2.05, 4.69) is 39.4 Å². The molecule has 172 valence electrons. The van der Waals surface area contributed by atoms with Gasteiger partial charge in [-0.25, -0.2) is 0 Å². The fraction of sp³-hybridized carbons (Fsp3) is 0.480. The highest BCUT2D eigenvalue weighted by molar-refractivity contribution is 6.35. The van der Waals surface area contributed by atoms with Gasteiger partial charge in [0.15, 0.2) is 0 Å². The lowest BCUT2D eigenvalue weighted by molar-refractivity contribution is -0.126. The fourth-order valence-corrected chi connectivity index (χ4v) is 5.03. The smallest absolute Gasteiger partial charge is 0.224 e. The van der Waals surface area contributed by atoms with Crippen molar-refractivity contribution in [3.05, 3.63) is 69.2 Å². The van der Waals surface area contributed by atoms with Gasteiger partial charge in [-0.1, -0.05) is 53.5 Å². The first-order valence-electron chi connectivity index (χ1n) is 11.4. The molecule has 2 heterocycles. The maximum absolute atomic E-state index is 12.9. The topological polar surface area (TPSA) is 44.8 Å². The summed E-state index contributed by atoms with van der Waals surface area (Å²) in [5, 5.41) is 4.52. The number of hydrogen-bond donors (Lipinski definition) is 1. The molecule has 4 rings (SSSR count). The van der Waals surface area contributed by atoms with Crippen LogP contribution in [0.3, 0.4) is 0 Å². The van der Waals surface area contributed by atoms with E-state index in [0.29, 0.717) is 23.1 Å². The van der Waals surface area contributed by atoms with Gasteiger partial charge in [0.05, 0.1) is 19.1 Å². The molecule has 0 saturated carbocycles. The number of nitrogens with one attached hydrogen (secondary N) is 1. The van der Waals surface area contributed by atoms with Gasteiger partial charge in [-0.3, -0.25) is 14.6 Å². The number of hydrogen-bond acceptors (Lipinski definition) is 4. The zero-order chi connectivity index (χ0) is 22.3. The van der Waals surface area contributed by atoms with E-state index >= 15 is 0 Å². The SMILES string of the molecule is O=C(NCc1cccc(CN2CCOCC2)c1)C1CCCN(Cc2c(Cl)cccc2Cl)C1. The lowest BCUT2D eigenvalue weighted by Crippen LogP contribution is -2.42. The normalized spacial score (nSPS) is 20.2. The summed E-state index contributed by atoms with van der Waals surface area (Å²) in [6.07, 6.45) is 1.91. The van der Waals surface area contributed by atoms with Crippen molar-refractivity contribution in [3.8, 4) is 0 Å². The van der Waals surface area contributed by atoms with Gasteiger partial charge in [0.2, 0.25) is 5.91 Å². The Morgan fingerprint density at radius 1 is 0.969 bits per heavy atom. The Hall–Kier alpha value is -1.63. The zero-order valence-electron chi connectivity index (χ0n) is 18.4. The molecule has 1 atom stereocenters. The van der Waals surface area contributed by atoms with Crippen LogP contribution in [-0.4, -0.2) is 55.1 Å². The molecular weight excluding hydrogens is 445 g/mol. The molecule has 7 heteroatoms. The number of likely N-dealkylation sites (tertiary alicyclic amines) is 1. The number of carbonyl (C=O) groups excluding carboxylic acids is 1. The van der Waals surface area contributed by atoms with Crippen molar-refractivity contribution in [3.63, 3.8) is 0 Å². The largest absolute Gasteiger partial charge is 0.379 e. The number of halogens is 2. The Kier molecular flexibility index (Phi) is 8.44. The van der Waals surface area contributed by atoms with Crippen molar-refractivity contribution in [2.24, 2.45) is 5.92 Å². The molecule has 0 aliphatic carbocycles. The molecule has 2 aromatic rings. The highest BCUT2D eigenvalue weighted by atomic mass is 35.5. The van der Waals surface area contributed by atoms with E-state index in [-0.39, 0.29) is 11.8 Å². The summed E-state index contributed by atoms with van der Waals surface area (Å²) in [6.45, 7) is 7.38. The number of amides is 1. The summed E-state index contributed by atoms with van der Waals surface area (Å²) in [5.41, 5.74) is 3.35. The molecule has 5 nitrogen and oxygen atoms in total. The number of carbonyl (C=O) groups is 1. The Labute approximate surface area is 200 Å². The van der Waals surface area contributed by atoms with Crippen LogP contribution in [0.5, 0.6) is 0 Å². The van der Waals surface area contributed by atoms with Gasteiger partial charge in [0.25, 0.3) is 0 Å². The van der Waals surface area contributed by atoms with Crippen molar-refractivity contribution in [1.29, 1.82) is 0 Å². The molecule has 1 unspecified atom stereocenters. The second kappa shape index (κ2) is 11.5. The van der Waals surface area contributed by atoms with Crippen LogP contribution in [0.4, 0.5) is 0 Å². The second-order valence-corrected chi connectivity index (χ2v) is 9.52. The van der Waals surface area contributed by atoms with E-state index in [1.807, 2.05) is 18.2 Å². The highest BCUT2D eigenvalue weighted by Crippen LogP contribution is 2.27. The molecule has 2 aromatic carbocycles. The van der Waals surface area contributed by atoms with Gasteiger partial charge < -0.3 is 10.1 Å². The number of nitrogens with zero attached hydrogens (tertiary/aromatic N) is 2. The van der Waals surface area contributed by atoms with Crippen LogP contribution in [0.1, 0.15) is 29.5 Å². The summed E-state index contributed by atoms with van der Waals surface area (Å²) in [4.78, 5) is 17.6. The number of morpholine rings is 1. The lowest BCUT2D eigenvalue weighted by Gasteiger charge is -2.32. The third-order valence-electron chi connectivity index (χ3n) is 6.29. The molecule has 32 heavy (non-hydrogen) atoms. The minimum Gasteiger partial charge on any atom is -0.379 e. The summed E-state index contributed by atoms with van der Waals surface area (Å²) in [7, 11) is 0. The summed E-state index contributed by atoms with van der Waals surface area (Å²) >= 11 is 12.7. The summed E-state index contributed by atoms with van der Waals surface area (Å²) < 4.78 is 5.43. The quantitative estimate of drug-likeness (QED) is 0.646. The van der Waals surface area contributed by atoms with Crippen LogP contribution in [0.15, 0.2) is 42.5 Å². The van der Waals surface area contributed by atoms with E-state index in [0.717, 1.165) is 69.9 Å². The minimum atomic E-state index is -0.0125. The van der Waals surface area contributed by atoms with Crippen LogP contribution in [0.25, 0.3) is 0 Å². The third-order valence-corrected chi connectivity index (χ3v) is 7.00. The standard InChI is InChI=1S/C25H31Cl2N3O2/c26-23-7-2-8-24(27)22(23)18-30-9-3-6-21(17-30)25(31)28-15-19-4-1-5-20(14-19)16-29-10-12-32-13-11-29/h1-2,4-5,7-8,14,21H,3,6,9-13,15-18H2,(H,28,31). The fourth-order valence-electron chi connectivity index (χ4n) is 4.51. The summed E-state index contributed by atoms with van der Waals surface area (Å²) in [6, 6.07) is 14.1. The van der Waals surface area contributed by atoms with Crippen molar-refractivity contribution >= 4 is 29.1 Å². The minimum absolute atomic E-state index is 0.0125. The molecule has 0 bridgehead atoms. The first-order valence-corrected chi connectivity index (χ1v) is 12.1. The molecule has 0 radical (unpaired) electrons. The molecule has 2 fully saturated rings. The van der Waals surface area contributed by atoms with Crippen LogP contribution >= 0.6 is 23.2 Å². The lowest BCUT2D eigenvalue weighted by atomic mass is 9.96. The molecule has 1 N–H and O–H groups in total. The van der Waals surface area contributed by atoms with Gasteiger partial charge >= 0.3 is 0 Å². The average Bonchev–Trinajstić information content (AvgIpc) is 2.81. The van der Waals surface area contributed by atoms with Gasteiger partial charge in [-0.15, -0.1) is 0 Å². The molecule has 2 aliphatic heterocycles. The first-order chi connectivity index (χ1) is 15.6. The van der Waals surface area contributed by atoms with Crippen LogP contribution < -0.4 is 5.32 Å². The van der Waals surface area contributed by atoms with Crippen LogP contribution in [0.2, 0.25) is 10.0 Å². The average molecular weight is 476 g/mol. The first kappa shape index (κ1) is 23.5. The molecule has 1 amide bonds. The van der Waals surface area contributed by atoms with E-state index in [1.165, 1.54) is 5.56 Å². The number of ether oxygens (including phenoxy) is 1. The van der Waals surface area contributed by atoms with Gasteiger partial charge in [-0.2, -0.15) is 0 Å². The number of benzene rings is 2. The Morgan fingerprint density at radius 3 is 2.47 bits per heavy atom. The van der Waals surface area contributed by atoms with Gasteiger partial charge in [-0.05, 0) is 42.6 Å². The monoisotopic (exact) mass is 475 g/mol. The van der Waals surface area contributed by atoms with Gasteiger partial charge in [0, 0.05) is 54.9 Å². The third kappa shape index (κ3) is 6.46. The van der Waals surface area contributed by atoms with E-state index in [1.54, 1.807) is 0 Å². The Morgan fingerprint density at radius 2 is 1.69 bits per heavy atom. The van der Waals surface area contributed by atoms with Gasteiger partial charge in [0.1, 0.15) is 0 Å². The number of piperidine rings is 1. The van der Waals surface area contributed by atoms with E-state index < -0.39 is 0 Å². The zero-order valence-corrected chi connectivity index (χ0v) is 19.9. The highest BCUT2D eigenvalue weighted by Gasteiger charge is 2.26. The second-order valence-electron chi connectivity index (χ2n) is 8.70. The summed E-state index contributed by atoms with van der Waals surface area (Å²) in [5.74, 6) is 0.111. The Bertz CT molecular complexity index is 898. The van der Waals surface area contributed by atoms with E-state index in [4.69, 9.17) is 27.9 Å². The molecule has 0 aromatic heterocycles. The Balaban J connectivity index is 1.28. The molecule has 2 saturated heterocycles. The van der Waals surface area contributed by atoms with Crippen molar-refractivity contribution in [2.45, 2.75) is 32.5 Å². The molecule has 2 aliphatic rings. The molecule has 0 spiro atoms. The van der Waals surface area contributed by atoms with E-state index in [9.17, 15) is 4.79 Å². The number of rotatable bonds is 7. The van der Waals surface area contributed by atoms with Crippen LogP contribution in [0, 0.1) is 5.92 Å². The van der Waals surface area contributed by atoms with Crippen molar-refractivity contribution in [2.75, 3.05) is 39.4 Å².